The summed E-state index contributed by atoms with van der Waals surface area (Å²) in [6.45, 7) is 3.02. The Kier molecular flexibility index (Phi) is 6.85. The van der Waals surface area contributed by atoms with Gasteiger partial charge in [-0.15, -0.1) is 11.3 Å². The third kappa shape index (κ3) is 5.96. The van der Waals surface area contributed by atoms with Crippen LogP contribution in [0, 0.1) is 5.92 Å². The number of benzene rings is 1. The van der Waals surface area contributed by atoms with Crippen LogP contribution < -0.4 is 9.62 Å². The molecule has 2 aromatic rings. The molecule has 1 saturated carbocycles. The molecule has 1 N–H and O–H groups in total. The molecule has 0 atom stereocenters. The minimum atomic E-state index is -3.37. The Balaban J connectivity index is 1.88. The molecule has 1 aromatic heterocycles. The Bertz CT molecular complexity index is 936. The lowest BCUT2D eigenvalue weighted by Gasteiger charge is -2.26. The average Bonchev–Trinajstić information content (AvgIpc) is 3.29. The minimum absolute atomic E-state index is 0.0357. The van der Waals surface area contributed by atoms with E-state index < -0.39 is 10.0 Å². The molecule has 1 aliphatic rings. The van der Waals surface area contributed by atoms with Crippen molar-refractivity contribution in [2.45, 2.75) is 32.7 Å². The van der Waals surface area contributed by atoms with Crippen molar-refractivity contribution in [1.29, 1.82) is 0 Å². The average molecular weight is 436 g/mol. The largest absolute Gasteiger partial charge is 0.377 e. The van der Waals surface area contributed by atoms with E-state index in [1.807, 2.05) is 60.5 Å². The molecule has 6 nitrogen and oxygen atoms in total. The Morgan fingerprint density at radius 3 is 2.59 bits per heavy atom. The highest BCUT2D eigenvalue weighted by molar-refractivity contribution is 7.92. The highest BCUT2D eigenvalue weighted by Gasteiger charge is 2.28. The van der Waals surface area contributed by atoms with E-state index >= 15 is 0 Å². The number of hydrogen-bond acceptors (Lipinski definition) is 5. The lowest BCUT2D eigenvalue weighted by Crippen LogP contribution is -2.32. The van der Waals surface area contributed by atoms with Crippen LogP contribution >= 0.6 is 11.3 Å². The summed E-state index contributed by atoms with van der Waals surface area (Å²) in [4.78, 5) is 17.7. The first-order valence-electron chi connectivity index (χ1n) is 9.92. The first-order valence-corrected chi connectivity index (χ1v) is 12.5. The molecule has 3 rings (SSSR count). The number of anilines is 2. The van der Waals surface area contributed by atoms with Gasteiger partial charge in [0.05, 0.1) is 10.6 Å². The number of carbonyl (C=O) groups is 1. The molecule has 0 aliphatic heterocycles. The van der Waals surface area contributed by atoms with E-state index in [4.69, 9.17) is 0 Å². The Hall–Kier alpha value is -2.06. The zero-order valence-electron chi connectivity index (χ0n) is 17.2. The lowest BCUT2D eigenvalue weighted by molar-refractivity contribution is 0.0740. The number of hydrogen-bond donors (Lipinski definition) is 1. The third-order valence-electron chi connectivity index (χ3n) is 4.86. The van der Waals surface area contributed by atoms with E-state index in [0.29, 0.717) is 24.6 Å². The van der Waals surface area contributed by atoms with E-state index in [9.17, 15) is 13.2 Å². The van der Waals surface area contributed by atoms with Gasteiger partial charge < -0.3 is 9.80 Å². The second-order valence-electron chi connectivity index (χ2n) is 7.77. The van der Waals surface area contributed by atoms with Crippen molar-refractivity contribution in [2.75, 3.05) is 36.0 Å². The van der Waals surface area contributed by atoms with Gasteiger partial charge in [0.25, 0.3) is 5.91 Å². The Morgan fingerprint density at radius 2 is 2.00 bits per heavy atom. The van der Waals surface area contributed by atoms with E-state index in [0.717, 1.165) is 35.5 Å². The standard InChI is InChI=1S/C21H29N3O3S2/c1-4-12-29(26,27)22-18-9-10-19(23(2)3)17(13-18)15-24(14-16-7-8-16)21(25)20-6-5-11-28-20/h5-6,9-11,13,16,22H,4,7-8,12,14-15H2,1-3H3. The maximum Gasteiger partial charge on any atom is 0.264 e. The summed E-state index contributed by atoms with van der Waals surface area (Å²) in [6.07, 6.45) is 2.87. The molecule has 0 saturated heterocycles. The zero-order valence-corrected chi connectivity index (χ0v) is 18.9. The molecule has 0 radical (unpaired) electrons. The van der Waals surface area contributed by atoms with Gasteiger partial charge in [0.1, 0.15) is 0 Å². The van der Waals surface area contributed by atoms with Gasteiger partial charge in [0, 0.05) is 38.6 Å². The van der Waals surface area contributed by atoms with E-state index in [1.165, 1.54) is 11.3 Å². The SMILES string of the molecule is CCCS(=O)(=O)Nc1ccc(N(C)C)c(CN(CC2CC2)C(=O)c2cccs2)c1. The van der Waals surface area contributed by atoms with Gasteiger partial charge >= 0.3 is 0 Å². The summed E-state index contributed by atoms with van der Waals surface area (Å²) in [7, 11) is 0.535. The topological polar surface area (TPSA) is 69.7 Å². The Labute approximate surface area is 177 Å². The summed E-state index contributed by atoms with van der Waals surface area (Å²) in [5.41, 5.74) is 2.44. The van der Waals surface area contributed by atoms with Crippen LogP contribution in [0.2, 0.25) is 0 Å². The molecule has 8 heteroatoms. The third-order valence-corrected chi connectivity index (χ3v) is 7.21. The van der Waals surface area contributed by atoms with Gasteiger partial charge in [-0.05, 0) is 60.4 Å². The fourth-order valence-electron chi connectivity index (χ4n) is 3.30. The van der Waals surface area contributed by atoms with Crippen molar-refractivity contribution < 1.29 is 13.2 Å². The second-order valence-corrected chi connectivity index (χ2v) is 10.6. The van der Waals surface area contributed by atoms with Crippen molar-refractivity contribution in [3.8, 4) is 0 Å². The smallest absolute Gasteiger partial charge is 0.264 e. The molecule has 1 fully saturated rings. The fourth-order valence-corrected chi connectivity index (χ4v) is 5.12. The molecule has 1 aromatic carbocycles. The fraction of sp³-hybridized carbons (Fsp3) is 0.476. The van der Waals surface area contributed by atoms with Crippen molar-refractivity contribution in [3.63, 3.8) is 0 Å². The summed E-state index contributed by atoms with van der Waals surface area (Å²) in [5.74, 6) is 0.684. The van der Waals surface area contributed by atoms with Gasteiger partial charge in [-0.1, -0.05) is 13.0 Å². The van der Waals surface area contributed by atoms with Crippen molar-refractivity contribution in [3.05, 3.63) is 46.2 Å². The second kappa shape index (κ2) is 9.17. The molecule has 29 heavy (non-hydrogen) atoms. The quantitative estimate of drug-likeness (QED) is 0.612. The summed E-state index contributed by atoms with van der Waals surface area (Å²) in [6, 6.07) is 9.28. The zero-order chi connectivity index (χ0) is 21.0. The van der Waals surface area contributed by atoms with E-state index in [1.54, 1.807) is 6.07 Å². The number of nitrogens with one attached hydrogen (secondary N) is 1. The van der Waals surface area contributed by atoms with Gasteiger partial charge in [0.15, 0.2) is 0 Å². The number of thiophene rings is 1. The van der Waals surface area contributed by atoms with Crippen LogP contribution in [0.25, 0.3) is 0 Å². The van der Waals surface area contributed by atoms with Gasteiger partial charge in [0.2, 0.25) is 10.0 Å². The van der Waals surface area contributed by atoms with E-state index in [2.05, 4.69) is 4.72 Å². The number of amides is 1. The van der Waals surface area contributed by atoms with Gasteiger partial charge in [-0.25, -0.2) is 8.42 Å². The number of sulfonamides is 1. The van der Waals surface area contributed by atoms with Crippen molar-refractivity contribution in [1.82, 2.24) is 4.90 Å². The maximum atomic E-state index is 13.1. The molecule has 1 amide bonds. The van der Waals surface area contributed by atoms with Crippen LogP contribution in [0.4, 0.5) is 11.4 Å². The minimum Gasteiger partial charge on any atom is -0.377 e. The molecule has 1 aliphatic carbocycles. The maximum absolute atomic E-state index is 13.1. The van der Waals surface area contributed by atoms with E-state index in [-0.39, 0.29) is 11.7 Å². The number of nitrogens with zero attached hydrogens (tertiary/aromatic N) is 2. The molecule has 0 unspecified atom stereocenters. The van der Waals surface area contributed by atoms with Gasteiger partial charge in [-0.3, -0.25) is 9.52 Å². The van der Waals surface area contributed by atoms with Crippen LogP contribution in [0.15, 0.2) is 35.7 Å². The molecular weight excluding hydrogens is 406 g/mol. The Morgan fingerprint density at radius 1 is 1.24 bits per heavy atom. The number of rotatable bonds is 10. The van der Waals surface area contributed by atoms with Crippen LogP contribution in [-0.4, -0.2) is 45.6 Å². The number of carbonyl (C=O) groups excluding carboxylic acids is 1. The van der Waals surface area contributed by atoms with Crippen LogP contribution in [0.3, 0.4) is 0 Å². The first-order chi connectivity index (χ1) is 13.8. The molecule has 158 valence electrons. The summed E-state index contributed by atoms with van der Waals surface area (Å²) < 4.78 is 27.0. The monoisotopic (exact) mass is 435 g/mol. The molecule has 0 spiro atoms. The predicted molar refractivity (Wildman–Crippen MR) is 120 cm³/mol. The van der Waals surface area contributed by atoms with Crippen LogP contribution in [0.1, 0.15) is 41.4 Å². The normalized spacial score (nSPS) is 13.9. The highest BCUT2D eigenvalue weighted by Crippen LogP contribution is 2.32. The molecule has 1 heterocycles. The first kappa shape index (κ1) is 21.6. The predicted octanol–water partition coefficient (Wildman–Crippen LogP) is 4.02. The van der Waals surface area contributed by atoms with Gasteiger partial charge in [-0.2, -0.15) is 0 Å². The molecular formula is C21H29N3O3S2. The molecule has 0 bridgehead atoms. The van der Waals surface area contributed by atoms with Crippen molar-refractivity contribution in [2.24, 2.45) is 5.92 Å². The van der Waals surface area contributed by atoms with Crippen molar-refractivity contribution >= 4 is 38.6 Å². The highest BCUT2D eigenvalue weighted by atomic mass is 32.2. The van der Waals surface area contributed by atoms with Crippen LogP contribution in [-0.2, 0) is 16.6 Å². The summed E-state index contributed by atoms with van der Waals surface area (Å²) in [5, 5.41) is 1.91. The van der Waals surface area contributed by atoms with Crippen LogP contribution in [0.5, 0.6) is 0 Å². The lowest BCUT2D eigenvalue weighted by atomic mass is 10.1. The summed E-state index contributed by atoms with van der Waals surface area (Å²) >= 11 is 1.45.